The molecule has 0 radical (unpaired) electrons. The summed E-state index contributed by atoms with van der Waals surface area (Å²) >= 11 is 14.8. The number of rotatable bonds is 14. The van der Waals surface area contributed by atoms with E-state index < -0.39 is 11.9 Å². The molecule has 2 heterocycles. The van der Waals surface area contributed by atoms with Crippen molar-refractivity contribution in [2.75, 3.05) is 26.4 Å². The first-order valence-corrected chi connectivity index (χ1v) is 18.2. The number of ether oxygens (including phenoxy) is 4. The van der Waals surface area contributed by atoms with Gasteiger partial charge in [0.05, 0.1) is 23.0 Å². The summed E-state index contributed by atoms with van der Waals surface area (Å²) in [5.41, 5.74) is 12.8. The normalized spacial score (nSPS) is 13.0. The molecule has 2 aromatic carbocycles. The summed E-state index contributed by atoms with van der Waals surface area (Å²) in [4.78, 5) is 28.2. The Kier molecular flexibility index (Phi) is 15.5. The Morgan fingerprint density at radius 2 is 1.02 bits per heavy atom. The first-order valence-electron chi connectivity index (χ1n) is 15.8. The van der Waals surface area contributed by atoms with Crippen molar-refractivity contribution in [1.29, 1.82) is 0 Å². The van der Waals surface area contributed by atoms with Gasteiger partial charge in [-0.1, -0.05) is 60.7 Å². The van der Waals surface area contributed by atoms with Crippen molar-refractivity contribution in [1.82, 2.24) is 0 Å². The predicted molar refractivity (Wildman–Crippen MR) is 200 cm³/mol. The second kappa shape index (κ2) is 20.0. The molecule has 8 nitrogen and oxygen atoms in total. The van der Waals surface area contributed by atoms with Crippen molar-refractivity contribution in [3.63, 3.8) is 0 Å². The van der Waals surface area contributed by atoms with Crippen LogP contribution < -0.4 is 20.9 Å². The minimum absolute atomic E-state index is 0.0407. The Bertz CT molecular complexity index is 1690. The van der Waals surface area contributed by atoms with Crippen LogP contribution in [0.4, 0.5) is 0 Å². The zero-order chi connectivity index (χ0) is 35.9. The van der Waals surface area contributed by atoms with Gasteiger partial charge in [0.2, 0.25) is 0 Å². The molecule has 12 heteroatoms. The highest BCUT2D eigenvalue weighted by atomic mass is 35.5. The molecule has 4 aromatic rings. The van der Waals surface area contributed by atoms with Gasteiger partial charge in [-0.3, -0.25) is 0 Å². The predicted octanol–water partition coefficient (Wildman–Crippen LogP) is 7.82. The maximum atomic E-state index is 12.3. The number of hydrogen-bond acceptors (Lipinski definition) is 10. The van der Waals surface area contributed by atoms with Crippen molar-refractivity contribution in [2.24, 2.45) is 23.3 Å². The number of nitrogens with two attached hydrogens (primary N) is 2. The van der Waals surface area contributed by atoms with E-state index in [-0.39, 0.29) is 50.3 Å². The molecule has 50 heavy (non-hydrogen) atoms. The molecule has 0 aliphatic rings. The summed E-state index contributed by atoms with van der Waals surface area (Å²) in [6.45, 7) is 4.38. The van der Waals surface area contributed by atoms with Crippen LogP contribution in [0.25, 0.3) is 0 Å². The van der Waals surface area contributed by atoms with Gasteiger partial charge in [0.25, 0.3) is 0 Å². The highest BCUT2D eigenvalue weighted by molar-refractivity contribution is 7.12. The van der Waals surface area contributed by atoms with Crippen LogP contribution >= 0.6 is 45.9 Å². The first-order chi connectivity index (χ1) is 24.0. The minimum atomic E-state index is -1.03. The average Bonchev–Trinajstić information content (AvgIpc) is 3.78. The summed E-state index contributed by atoms with van der Waals surface area (Å²) in [5, 5.41) is 1.29. The molecule has 4 atom stereocenters. The van der Waals surface area contributed by atoms with Crippen molar-refractivity contribution in [3.05, 3.63) is 102 Å². The third-order valence-corrected chi connectivity index (χ3v) is 9.90. The standard InChI is InChI=1S/C38H38Cl2N2O6S2/c1-25(21-33(41)35-17-15-31(49-35)5-3-19-45-29-11-7-27(39)8-12-29)23-47-37(43)38(44)48-24-26(2)22-34(42)36-18-16-32(50-36)6-4-20-46-30-13-9-28(40)10-14-30/h7-18,25-26,33-34H,19-24,41-42H2,1-2H3/t25-,26-,33?,34?/m1/s1. The van der Waals surface area contributed by atoms with Gasteiger partial charge in [0.1, 0.15) is 24.7 Å². The molecule has 4 N–H and O–H groups in total. The van der Waals surface area contributed by atoms with Gasteiger partial charge in [-0.25, -0.2) is 9.59 Å². The zero-order valence-corrected chi connectivity index (χ0v) is 30.8. The molecule has 4 rings (SSSR count). The van der Waals surface area contributed by atoms with E-state index in [0.29, 0.717) is 34.4 Å². The van der Waals surface area contributed by atoms with Gasteiger partial charge in [-0.05, 0) is 97.5 Å². The highest BCUT2D eigenvalue weighted by Gasteiger charge is 2.22. The maximum absolute atomic E-state index is 12.3. The lowest BCUT2D eigenvalue weighted by molar-refractivity contribution is -0.169. The SMILES string of the molecule is C[C@@H](COC(=O)C(=O)OC[C@H](C)CC(N)c1ccc(C#CCOc2ccc(Cl)cc2)s1)CC(N)c1ccc(C#CCOc2ccc(Cl)cc2)s1. The number of carbonyl (C=O) groups excluding carboxylic acids is 2. The number of thiophene rings is 2. The Morgan fingerprint density at radius 3 is 1.40 bits per heavy atom. The first kappa shape index (κ1) is 38.8. The van der Waals surface area contributed by atoms with E-state index in [0.717, 1.165) is 19.5 Å². The molecule has 0 aliphatic carbocycles. The third-order valence-electron chi connectivity index (χ3n) is 7.13. The minimum Gasteiger partial charge on any atom is -0.481 e. The molecule has 0 aliphatic heterocycles. The van der Waals surface area contributed by atoms with E-state index in [1.54, 1.807) is 48.5 Å². The fraction of sp³-hybridized carbons (Fsp3) is 0.316. The van der Waals surface area contributed by atoms with Crippen LogP contribution in [0.1, 0.15) is 58.3 Å². The largest absolute Gasteiger partial charge is 0.481 e. The van der Waals surface area contributed by atoms with Crippen LogP contribution in [0.3, 0.4) is 0 Å². The van der Waals surface area contributed by atoms with Crippen molar-refractivity contribution >= 4 is 57.8 Å². The smallest absolute Gasteiger partial charge is 0.417 e. The van der Waals surface area contributed by atoms with Crippen LogP contribution in [0, 0.1) is 35.5 Å². The average molecular weight is 754 g/mol. The van der Waals surface area contributed by atoms with Crippen LogP contribution in [-0.2, 0) is 19.1 Å². The topological polar surface area (TPSA) is 123 Å². The summed E-state index contributed by atoms with van der Waals surface area (Å²) in [5.74, 6) is 11.3. The molecular weight excluding hydrogens is 715 g/mol. The second-order valence-electron chi connectivity index (χ2n) is 11.6. The van der Waals surface area contributed by atoms with E-state index >= 15 is 0 Å². The Labute approximate surface area is 311 Å². The molecular formula is C38H38Cl2N2O6S2. The van der Waals surface area contributed by atoms with E-state index in [2.05, 4.69) is 23.7 Å². The quantitative estimate of drug-likeness (QED) is 0.0760. The number of esters is 2. The van der Waals surface area contributed by atoms with Crippen LogP contribution in [0.2, 0.25) is 10.0 Å². The molecule has 0 amide bonds. The van der Waals surface area contributed by atoms with Crippen LogP contribution in [0.5, 0.6) is 11.5 Å². The van der Waals surface area contributed by atoms with Gasteiger partial charge < -0.3 is 30.4 Å². The lowest BCUT2D eigenvalue weighted by Gasteiger charge is -2.17. The summed E-state index contributed by atoms with van der Waals surface area (Å²) < 4.78 is 21.6. The lowest BCUT2D eigenvalue weighted by Crippen LogP contribution is -2.26. The van der Waals surface area contributed by atoms with Crippen LogP contribution in [0.15, 0.2) is 72.8 Å². The number of hydrogen-bond donors (Lipinski definition) is 2. The van der Waals surface area contributed by atoms with Crippen molar-refractivity contribution in [2.45, 2.75) is 38.8 Å². The van der Waals surface area contributed by atoms with Crippen molar-refractivity contribution < 1.29 is 28.5 Å². The van der Waals surface area contributed by atoms with Gasteiger partial charge in [-0.2, -0.15) is 0 Å². The van der Waals surface area contributed by atoms with Gasteiger partial charge in [0, 0.05) is 31.9 Å². The van der Waals surface area contributed by atoms with E-state index in [4.69, 9.17) is 53.6 Å². The van der Waals surface area contributed by atoms with Gasteiger partial charge in [-0.15, -0.1) is 22.7 Å². The molecule has 2 aromatic heterocycles. The van der Waals surface area contributed by atoms with Crippen molar-refractivity contribution in [3.8, 4) is 35.2 Å². The molecule has 0 spiro atoms. The molecule has 0 bridgehead atoms. The fourth-order valence-corrected chi connectivity index (χ4v) is 6.62. The third kappa shape index (κ3) is 13.4. The van der Waals surface area contributed by atoms with E-state index in [1.807, 2.05) is 38.1 Å². The highest BCUT2D eigenvalue weighted by Crippen LogP contribution is 2.27. The number of benzene rings is 2. The summed E-state index contributed by atoms with van der Waals surface area (Å²) in [6, 6.07) is 21.3. The van der Waals surface area contributed by atoms with E-state index in [9.17, 15) is 9.59 Å². The molecule has 262 valence electrons. The Hall–Kier alpha value is -4.00. The van der Waals surface area contributed by atoms with E-state index in [1.165, 1.54) is 22.7 Å². The molecule has 0 saturated heterocycles. The monoisotopic (exact) mass is 752 g/mol. The van der Waals surface area contributed by atoms with Gasteiger partial charge >= 0.3 is 11.9 Å². The molecule has 0 fully saturated rings. The fourth-order valence-electron chi connectivity index (χ4n) is 4.57. The molecule has 0 saturated carbocycles. The Balaban J connectivity index is 1.10. The second-order valence-corrected chi connectivity index (χ2v) is 14.7. The molecule has 2 unspecified atom stereocenters. The van der Waals surface area contributed by atoms with Crippen LogP contribution in [-0.4, -0.2) is 38.4 Å². The number of carbonyl (C=O) groups is 2. The Morgan fingerprint density at radius 1 is 0.640 bits per heavy atom. The summed E-state index contributed by atoms with van der Waals surface area (Å²) in [6.07, 6.45) is 1.11. The maximum Gasteiger partial charge on any atom is 0.417 e. The summed E-state index contributed by atoms with van der Waals surface area (Å²) in [7, 11) is 0. The van der Waals surface area contributed by atoms with Gasteiger partial charge in [0.15, 0.2) is 0 Å². The zero-order valence-electron chi connectivity index (χ0n) is 27.7. The number of halogens is 2. The lowest BCUT2D eigenvalue weighted by atomic mass is 10.0.